The molecule has 130 valence electrons. The first kappa shape index (κ1) is 18.0. The van der Waals surface area contributed by atoms with Gasteiger partial charge in [-0.05, 0) is 37.1 Å². The fraction of sp³-hybridized carbons (Fsp3) is 0.571. The van der Waals surface area contributed by atoms with Crippen LogP contribution >= 0.6 is 0 Å². The summed E-state index contributed by atoms with van der Waals surface area (Å²) >= 11 is 0. The minimum absolute atomic E-state index is 0.186. The summed E-state index contributed by atoms with van der Waals surface area (Å²) in [6, 6.07) is 4.58. The Hall–Kier alpha value is -1.32. The van der Waals surface area contributed by atoms with Crippen molar-refractivity contribution < 1.29 is 31.1 Å². The maximum Gasteiger partial charge on any atom is 0.402 e. The molecule has 9 heteroatoms. The summed E-state index contributed by atoms with van der Waals surface area (Å²) in [5.74, 6) is 0.428. The zero-order valence-corrected chi connectivity index (χ0v) is 13.4. The van der Waals surface area contributed by atoms with E-state index in [1.54, 1.807) is 0 Å². The van der Waals surface area contributed by atoms with Crippen molar-refractivity contribution in [3.63, 3.8) is 0 Å². The van der Waals surface area contributed by atoms with Crippen LogP contribution in [0.1, 0.15) is 12.8 Å². The summed E-state index contributed by atoms with van der Waals surface area (Å²) in [5, 5.41) is 0. The van der Waals surface area contributed by atoms with Crippen molar-refractivity contribution in [1.29, 1.82) is 0 Å². The van der Waals surface area contributed by atoms with Crippen LogP contribution in [0.25, 0.3) is 0 Å². The third-order valence-corrected chi connectivity index (χ3v) is 5.51. The minimum Gasteiger partial charge on any atom is -0.497 e. The lowest BCUT2D eigenvalue weighted by atomic mass is 10.1. The zero-order chi connectivity index (χ0) is 17.1. The Balaban J connectivity index is 2.34. The average Bonchev–Trinajstić information content (AvgIpc) is 2.52. The number of nitrogens with zero attached hydrogens (tertiary/aromatic N) is 1. The smallest absolute Gasteiger partial charge is 0.402 e. The van der Waals surface area contributed by atoms with Crippen LogP contribution < -0.4 is 4.74 Å². The summed E-state index contributed by atoms with van der Waals surface area (Å²) in [6.45, 7) is -1.01. The van der Waals surface area contributed by atoms with Crippen LogP contribution in [0.15, 0.2) is 29.2 Å². The molecule has 0 N–H and O–H groups in total. The van der Waals surface area contributed by atoms with Gasteiger partial charge in [0.1, 0.15) is 12.3 Å². The lowest BCUT2D eigenvalue weighted by molar-refractivity contribution is -0.141. The number of ether oxygens (including phenoxy) is 2. The number of benzene rings is 1. The van der Waals surface area contributed by atoms with Gasteiger partial charge < -0.3 is 9.47 Å². The van der Waals surface area contributed by atoms with Gasteiger partial charge in [0.25, 0.3) is 0 Å². The maximum atomic E-state index is 12.9. The first-order valence-corrected chi connectivity index (χ1v) is 8.48. The van der Waals surface area contributed by atoms with Crippen LogP contribution in [0.2, 0.25) is 0 Å². The van der Waals surface area contributed by atoms with E-state index < -0.39 is 28.8 Å². The van der Waals surface area contributed by atoms with Gasteiger partial charge in [-0.15, -0.1) is 0 Å². The fourth-order valence-electron chi connectivity index (χ4n) is 2.44. The van der Waals surface area contributed by atoms with E-state index in [0.717, 1.165) is 0 Å². The van der Waals surface area contributed by atoms with Gasteiger partial charge in [-0.3, -0.25) is 0 Å². The molecular formula is C14H18F3NO4S. The Labute approximate surface area is 133 Å². The third kappa shape index (κ3) is 4.58. The first-order chi connectivity index (χ1) is 10.7. The minimum atomic E-state index is -4.61. The van der Waals surface area contributed by atoms with Crippen LogP contribution in [0.5, 0.6) is 5.75 Å². The number of hydrogen-bond acceptors (Lipinski definition) is 4. The summed E-state index contributed by atoms with van der Waals surface area (Å²) in [7, 11) is -2.84. The molecule has 5 nitrogen and oxygen atoms in total. The van der Waals surface area contributed by atoms with Gasteiger partial charge in [-0.2, -0.15) is 17.5 Å². The highest BCUT2D eigenvalue weighted by Gasteiger charge is 2.41. The fourth-order valence-corrected chi connectivity index (χ4v) is 4.11. The molecular weight excluding hydrogens is 335 g/mol. The Morgan fingerprint density at radius 2 is 1.78 bits per heavy atom. The molecule has 0 saturated carbocycles. The highest BCUT2D eigenvalue weighted by molar-refractivity contribution is 7.89. The summed E-state index contributed by atoms with van der Waals surface area (Å²) in [4.78, 5) is -0.186. The van der Waals surface area contributed by atoms with Crippen LogP contribution in [-0.2, 0) is 14.8 Å². The predicted molar refractivity (Wildman–Crippen MR) is 76.8 cm³/mol. The highest BCUT2D eigenvalue weighted by Crippen LogP contribution is 2.29. The van der Waals surface area contributed by atoms with Crippen LogP contribution in [0.4, 0.5) is 13.2 Å². The van der Waals surface area contributed by atoms with Gasteiger partial charge >= 0.3 is 6.18 Å². The standard InChI is InChI=1S/C14H18F3NO4S/c1-21-12-2-4-13(5-3-12)23(19,20)18(10-14(15,16)17)11-6-8-22-9-7-11/h2-5,11H,6-10H2,1H3. The average molecular weight is 353 g/mol. The molecule has 0 atom stereocenters. The lowest BCUT2D eigenvalue weighted by Crippen LogP contribution is -2.47. The van der Waals surface area contributed by atoms with E-state index in [2.05, 4.69) is 0 Å². The van der Waals surface area contributed by atoms with Crippen molar-refractivity contribution in [2.24, 2.45) is 0 Å². The van der Waals surface area contributed by atoms with E-state index in [4.69, 9.17) is 9.47 Å². The SMILES string of the molecule is COc1ccc(S(=O)(=O)N(CC(F)(F)F)C2CCOCC2)cc1. The van der Waals surface area contributed by atoms with E-state index >= 15 is 0 Å². The number of hydrogen-bond donors (Lipinski definition) is 0. The molecule has 1 saturated heterocycles. The summed E-state index contributed by atoms with van der Waals surface area (Å²) < 4.78 is 74.5. The second-order valence-corrected chi connectivity index (χ2v) is 7.08. The molecule has 23 heavy (non-hydrogen) atoms. The second-order valence-electron chi connectivity index (χ2n) is 5.18. The molecule has 1 aliphatic heterocycles. The number of halogens is 3. The van der Waals surface area contributed by atoms with Crippen LogP contribution in [-0.4, -0.2) is 51.8 Å². The topological polar surface area (TPSA) is 55.8 Å². The van der Waals surface area contributed by atoms with E-state index in [1.165, 1.54) is 31.4 Å². The number of sulfonamides is 1. The number of alkyl halides is 3. The summed E-state index contributed by atoms with van der Waals surface area (Å²) in [6.07, 6.45) is -4.13. The molecule has 1 heterocycles. The van der Waals surface area contributed by atoms with Crippen molar-refractivity contribution in [1.82, 2.24) is 4.31 Å². The molecule has 0 amide bonds. The van der Waals surface area contributed by atoms with Crippen molar-refractivity contribution in [2.75, 3.05) is 26.9 Å². The molecule has 1 fully saturated rings. The van der Waals surface area contributed by atoms with Gasteiger partial charge in [0.15, 0.2) is 0 Å². The van der Waals surface area contributed by atoms with Gasteiger partial charge in [-0.1, -0.05) is 0 Å². The third-order valence-electron chi connectivity index (χ3n) is 3.60. The van der Waals surface area contributed by atoms with Gasteiger partial charge in [0.2, 0.25) is 10.0 Å². The van der Waals surface area contributed by atoms with E-state index in [9.17, 15) is 21.6 Å². The predicted octanol–water partition coefficient (Wildman–Crippen LogP) is 2.43. The Morgan fingerprint density at radius 1 is 1.22 bits per heavy atom. The van der Waals surface area contributed by atoms with Gasteiger partial charge in [0, 0.05) is 19.3 Å². The normalized spacial score (nSPS) is 17.4. The molecule has 0 aromatic heterocycles. The molecule has 0 bridgehead atoms. The lowest BCUT2D eigenvalue weighted by Gasteiger charge is -2.33. The van der Waals surface area contributed by atoms with Crippen LogP contribution in [0, 0.1) is 0 Å². The first-order valence-electron chi connectivity index (χ1n) is 7.04. The Morgan fingerprint density at radius 3 is 2.26 bits per heavy atom. The molecule has 0 radical (unpaired) electrons. The largest absolute Gasteiger partial charge is 0.497 e. The molecule has 1 aliphatic rings. The molecule has 0 unspecified atom stereocenters. The second kappa shape index (κ2) is 7.06. The molecule has 1 aromatic rings. The van der Waals surface area contributed by atoms with Gasteiger partial charge in [-0.25, -0.2) is 8.42 Å². The van der Waals surface area contributed by atoms with Crippen molar-refractivity contribution in [2.45, 2.75) is 30.0 Å². The van der Waals surface area contributed by atoms with Gasteiger partial charge in [0.05, 0.1) is 12.0 Å². The van der Waals surface area contributed by atoms with Crippen molar-refractivity contribution in [3.8, 4) is 5.75 Å². The Kier molecular flexibility index (Phi) is 5.53. The monoisotopic (exact) mass is 353 g/mol. The van der Waals surface area contributed by atoms with E-state index in [-0.39, 0.29) is 31.0 Å². The zero-order valence-electron chi connectivity index (χ0n) is 12.5. The molecule has 2 rings (SSSR count). The molecule has 0 aliphatic carbocycles. The molecule has 1 aromatic carbocycles. The van der Waals surface area contributed by atoms with Crippen molar-refractivity contribution in [3.05, 3.63) is 24.3 Å². The van der Waals surface area contributed by atoms with Crippen LogP contribution in [0.3, 0.4) is 0 Å². The maximum absolute atomic E-state index is 12.9. The summed E-state index contributed by atoms with van der Waals surface area (Å²) in [5.41, 5.74) is 0. The van der Waals surface area contributed by atoms with E-state index in [1.807, 2.05) is 0 Å². The number of rotatable bonds is 5. The Bertz CT molecular complexity index is 610. The highest BCUT2D eigenvalue weighted by atomic mass is 32.2. The van der Waals surface area contributed by atoms with E-state index in [0.29, 0.717) is 10.1 Å². The number of methoxy groups -OCH3 is 1. The van der Waals surface area contributed by atoms with Crippen molar-refractivity contribution >= 4 is 10.0 Å². The molecule has 0 spiro atoms. The quantitative estimate of drug-likeness (QED) is 0.816.